The van der Waals surface area contributed by atoms with Gasteiger partial charge >= 0.3 is 5.97 Å². The van der Waals surface area contributed by atoms with Crippen molar-refractivity contribution < 1.29 is 24.5 Å². The lowest BCUT2D eigenvalue weighted by Crippen LogP contribution is -2.59. The van der Waals surface area contributed by atoms with Crippen molar-refractivity contribution in [1.82, 2.24) is 5.32 Å². The number of carbonyl (C=O) groups excluding carboxylic acids is 2. The third-order valence-electron chi connectivity index (χ3n) is 8.05. The molecule has 2 heterocycles. The fourth-order valence-electron chi connectivity index (χ4n) is 6.02. The average molecular weight is 480 g/mol. The normalized spacial score (nSPS) is 35.3. The van der Waals surface area contributed by atoms with E-state index < -0.39 is 23.5 Å². The largest absolute Gasteiger partial charge is 0.455 e. The van der Waals surface area contributed by atoms with Crippen LogP contribution in [0.25, 0.3) is 0 Å². The maximum absolute atomic E-state index is 13.1. The third-order valence-corrected chi connectivity index (χ3v) is 8.05. The molecular weight excluding hydrogens is 442 g/mol. The first kappa shape index (κ1) is 25.4. The van der Waals surface area contributed by atoms with E-state index in [0.29, 0.717) is 17.9 Å². The molecule has 3 unspecified atom stereocenters. The predicted molar refractivity (Wildman–Crippen MR) is 134 cm³/mol. The molecule has 1 saturated carbocycles. The van der Waals surface area contributed by atoms with E-state index in [1.165, 1.54) is 6.08 Å². The molecule has 8 atom stereocenters. The Bertz CT molecular complexity index is 1000. The van der Waals surface area contributed by atoms with E-state index in [2.05, 4.69) is 18.8 Å². The number of cyclic esters (lactones) is 1. The van der Waals surface area contributed by atoms with Crippen molar-refractivity contribution in [3.05, 3.63) is 72.4 Å². The first-order valence-electron chi connectivity index (χ1n) is 12.7. The van der Waals surface area contributed by atoms with Crippen molar-refractivity contribution in [2.45, 2.75) is 69.8 Å². The Morgan fingerprint density at radius 3 is 2.69 bits per heavy atom. The van der Waals surface area contributed by atoms with Crippen LogP contribution < -0.4 is 5.32 Å². The number of rotatable bonds is 9. The minimum atomic E-state index is -1.68. The number of aliphatic hydroxyl groups excluding tert-OH is 1. The number of amides is 1. The number of benzene rings is 1. The molecule has 0 radical (unpaired) electrons. The average Bonchev–Trinajstić information content (AvgIpc) is 3.35. The van der Waals surface area contributed by atoms with Crippen LogP contribution in [0.4, 0.5) is 0 Å². The molecule has 3 aliphatic rings. The van der Waals surface area contributed by atoms with E-state index in [1.807, 2.05) is 49.4 Å². The highest BCUT2D eigenvalue weighted by Crippen LogP contribution is 2.50. The van der Waals surface area contributed by atoms with Gasteiger partial charge in [0.1, 0.15) is 6.10 Å². The molecule has 6 heteroatoms. The lowest BCUT2D eigenvalue weighted by atomic mass is 9.60. The fraction of sp³-hybridized carbons (Fsp3) is 0.517. The second-order valence-electron chi connectivity index (χ2n) is 10.5. The van der Waals surface area contributed by atoms with Crippen LogP contribution in [0.1, 0.15) is 45.1 Å². The van der Waals surface area contributed by atoms with Gasteiger partial charge in [0.25, 0.3) is 5.91 Å². The number of ether oxygens (including phenoxy) is 1. The van der Waals surface area contributed by atoms with Crippen LogP contribution in [0.3, 0.4) is 0 Å². The van der Waals surface area contributed by atoms with Crippen molar-refractivity contribution in [2.24, 2.45) is 23.7 Å². The number of fused-ring (bicyclic) bond motifs is 1. The van der Waals surface area contributed by atoms with Gasteiger partial charge in [-0.05, 0) is 54.7 Å². The van der Waals surface area contributed by atoms with E-state index in [1.54, 1.807) is 6.08 Å². The Labute approximate surface area is 207 Å². The molecular formula is C29H37NO5. The number of hydrogen-bond donors (Lipinski definition) is 3. The second-order valence-corrected chi connectivity index (χ2v) is 10.5. The van der Waals surface area contributed by atoms with Crippen LogP contribution in [0.5, 0.6) is 0 Å². The molecule has 1 aromatic rings. The number of hydrogen-bond acceptors (Lipinski definition) is 5. The quantitative estimate of drug-likeness (QED) is 0.372. The summed E-state index contributed by atoms with van der Waals surface area (Å²) < 4.78 is 5.18. The number of allylic oxidation sites excluding steroid dienone is 1. The van der Waals surface area contributed by atoms with Gasteiger partial charge in [-0.25, -0.2) is 4.79 Å². The van der Waals surface area contributed by atoms with Crippen LogP contribution >= 0.6 is 0 Å². The Morgan fingerprint density at radius 2 is 2.00 bits per heavy atom. The number of carbonyl (C=O) groups is 2. The molecule has 1 saturated heterocycles. The molecule has 35 heavy (non-hydrogen) atoms. The van der Waals surface area contributed by atoms with E-state index in [4.69, 9.17) is 4.74 Å². The molecule has 3 N–H and O–H groups in total. The van der Waals surface area contributed by atoms with Crippen LogP contribution in [0, 0.1) is 23.7 Å². The summed E-state index contributed by atoms with van der Waals surface area (Å²) in [4.78, 5) is 24.3. The van der Waals surface area contributed by atoms with E-state index in [0.717, 1.165) is 31.2 Å². The SMILES string of the molecule is C=C1[C@@H](C)C2[C@H](Cc3ccccc3)NC(=O)[C@@]2(O)C(/C=C/C[C@H](C)CCCC2C=CC(=O)O2)[C@@H]1O. The molecule has 2 fully saturated rings. The lowest BCUT2D eigenvalue weighted by Gasteiger charge is -2.47. The summed E-state index contributed by atoms with van der Waals surface area (Å²) in [5.41, 5.74) is 0.0728. The highest BCUT2D eigenvalue weighted by Gasteiger charge is 2.64. The standard InChI is InChI=1S/C29H37NO5/c1-18(9-7-13-22-15-16-25(31)35-22)10-8-14-23-27(32)20(3)19(2)26-24(30-28(33)29(23,26)34)17-21-11-5-4-6-12-21/h4-6,8,11-12,14-16,18-19,22-24,26-27,32,34H,3,7,9-10,13,17H2,1-2H3,(H,30,33)/b14-8+/t18-,19-,22?,23?,24+,26?,27-,29-/m1/s1. The molecule has 0 bridgehead atoms. The Kier molecular flexibility index (Phi) is 7.62. The molecule has 0 aromatic heterocycles. The van der Waals surface area contributed by atoms with Gasteiger partial charge in [0.05, 0.1) is 6.10 Å². The molecule has 1 aliphatic carbocycles. The summed E-state index contributed by atoms with van der Waals surface area (Å²) in [6, 6.07) is 9.70. The predicted octanol–water partition coefficient (Wildman–Crippen LogP) is 3.49. The van der Waals surface area contributed by atoms with Crippen molar-refractivity contribution in [3.8, 4) is 0 Å². The summed E-state index contributed by atoms with van der Waals surface area (Å²) >= 11 is 0. The zero-order valence-corrected chi connectivity index (χ0v) is 20.6. The summed E-state index contributed by atoms with van der Waals surface area (Å²) in [6.07, 6.45) is 10.1. The zero-order valence-electron chi connectivity index (χ0n) is 20.6. The van der Waals surface area contributed by atoms with Gasteiger partial charge < -0.3 is 20.3 Å². The molecule has 4 rings (SSSR count). The first-order chi connectivity index (χ1) is 16.7. The van der Waals surface area contributed by atoms with Crippen molar-refractivity contribution in [3.63, 3.8) is 0 Å². The molecule has 0 spiro atoms. The Hall–Kier alpha value is -2.70. The van der Waals surface area contributed by atoms with E-state index >= 15 is 0 Å². The van der Waals surface area contributed by atoms with Crippen molar-refractivity contribution >= 4 is 11.9 Å². The van der Waals surface area contributed by atoms with Crippen LogP contribution in [-0.4, -0.2) is 45.9 Å². The molecule has 2 aliphatic heterocycles. The summed E-state index contributed by atoms with van der Waals surface area (Å²) in [5, 5.41) is 25.8. The smallest absolute Gasteiger partial charge is 0.331 e. The molecule has 1 aromatic carbocycles. The number of aliphatic hydroxyl groups is 2. The van der Waals surface area contributed by atoms with E-state index in [9.17, 15) is 19.8 Å². The summed E-state index contributed by atoms with van der Waals surface area (Å²) in [5.74, 6) is -1.63. The van der Waals surface area contributed by atoms with Gasteiger partial charge in [0.2, 0.25) is 0 Å². The van der Waals surface area contributed by atoms with Gasteiger partial charge in [0.15, 0.2) is 5.60 Å². The third kappa shape index (κ3) is 5.14. The second kappa shape index (κ2) is 10.5. The monoisotopic (exact) mass is 479 g/mol. The highest BCUT2D eigenvalue weighted by atomic mass is 16.5. The van der Waals surface area contributed by atoms with Crippen LogP contribution in [0.2, 0.25) is 0 Å². The fourth-order valence-corrected chi connectivity index (χ4v) is 6.02. The van der Waals surface area contributed by atoms with Crippen LogP contribution in [-0.2, 0) is 20.7 Å². The maximum atomic E-state index is 13.1. The van der Waals surface area contributed by atoms with Gasteiger partial charge in [-0.15, -0.1) is 0 Å². The lowest BCUT2D eigenvalue weighted by molar-refractivity contribution is -0.154. The Morgan fingerprint density at radius 1 is 1.26 bits per heavy atom. The highest BCUT2D eigenvalue weighted by molar-refractivity contribution is 5.90. The van der Waals surface area contributed by atoms with Gasteiger partial charge in [0, 0.05) is 24.0 Å². The molecule has 1 amide bonds. The van der Waals surface area contributed by atoms with Crippen molar-refractivity contribution in [2.75, 3.05) is 0 Å². The topological polar surface area (TPSA) is 95.9 Å². The number of nitrogens with one attached hydrogen (secondary N) is 1. The summed E-state index contributed by atoms with van der Waals surface area (Å²) in [6.45, 7) is 8.23. The zero-order chi connectivity index (χ0) is 25.2. The molecule has 6 nitrogen and oxygen atoms in total. The van der Waals surface area contributed by atoms with E-state index in [-0.39, 0.29) is 30.0 Å². The first-order valence-corrected chi connectivity index (χ1v) is 12.7. The number of esters is 1. The van der Waals surface area contributed by atoms with Crippen molar-refractivity contribution in [1.29, 1.82) is 0 Å². The summed E-state index contributed by atoms with van der Waals surface area (Å²) in [7, 11) is 0. The Balaban J connectivity index is 1.41. The van der Waals surface area contributed by atoms with Gasteiger partial charge in [-0.1, -0.05) is 69.3 Å². The molecule has 188 valence electrons. The van der Waals surface area contributed by atoms with Gasteiger partial charge in [-0.2, -0.15) is 0 Å². The van der Waals surface area contributed by atoms with Crippen LogP contribution in [0.15, 0.2) is 66.8 Å². The maximum Gasteiger partial charge on any atom is 0.331 e. The minimum absolute atomic E-state index is 0.119. The van der Waals surface area contributed by atoms with Gasteiger partial charge in [-0.3, -0.25) is 4.79 Å². The minimum Gasteiger partial charge on any atom is -0.455 e.